The van der Waals surface area contributed by atoms with Gasteiger partial charge in [-0.3, -0.25) is 9.59 Å². The van der Waals surface area contributed by atoms with E-state index in [2.05, 4.69) is 5.32 Å². The number of hydrogen-bond acceptors (Lipinski definition) is 7. The number of carbonyl (C=O) groups excluding carboxylic acids is 2. The third-order valence-electron chi connectivity index (χ3n) is 7.09. The largest absolute Gasteiger partial charge is 0.484 e. The van der Waals surface area contributed by atoms with Crippen molar-refractivity contribution in [2.75, 3.05) is 53.2 Å². The monoisotopic (exact) mass is 609 g/mol. The van der Waals surface area contributed by atoms with Gasteiger partial charge in [-0.15, -0.1) is 0 Å². The molecule has 0 radical (unpaired) electrons. The molecule has 4 rings (SSSR count). The van der Waals surface area contributed by atoms with E-state index < -0.39 is 16.1 Å². The minimum atomic E-state index is -3.65. The van der Waals surface area contributed by atoms with Gasteiger partial charge in [0.25, 0.3) is 5.91 Å². The van der Waals surface area contributed by atoms with Crippen LogP contribution in [0.3, 0.4) is 0 Å². The third kappa shape index (κ3) is 9.36. The molecule has 0 unspecified atom stereocenters. The van der Waals surface area contributed by atoms with Gasteiger partial charge < -0.3 is 24.4 Å². The molecule has 3 aromatic rings. The first-order valence-corrected chi connectivity index (χ1v) is 15.8. The first kappa shape index (κ1) is 32.2. The van der Waals surface area contributed by atoms with E-state index in [4.69, 9.17) is 14.2 Å². The second kappa shape index (κ2) is 16.2. The van der Waals surface area contributed by atoms with Gasteiger partial charge in [0.1, 0.15) is 11.8 Å². The number of carbonyl (C=O) groups is 2. The summed E-state index contributed by atoms with van der Waals surface area (Å²) < 4.78 is 43.5. The van der Waals surface area contributed by atoms with Crippen LogP contribution in [0.4, 0.5) is 0 Å². The number of ether oxygens (including phenoxy) is 3. The first-order valence-electron chi connectivity index (χ1n) is 14.3. The fraction of sp³-hybridized carbons (Fsp3) is 0.375. The summed E-state index contributed by atoms with van der Waals surface area (Å²) in [6, 6.07) is 24.3. The highest BCUT2D eigenvalue weighted by Gasteiger charge is 2.31. The Kier molecular flexibility index (Phi) is 12.1. The van der Waals surface area contributed by atoms with Gasteiger partial charge in [-0.25, -0.2) is 8.42 Å². The Morgan fingerprint density at radius 1 is 0.930 bits per heavy atom. The molecule has 0 aromatic heterocycles. The van der Waals surface area contributed by atoms with Crippen molar-refractivity contribution >= 4 is 21.8 Å². The van der Waals surface area contributed by atoms with Crippen LogP contribution in [0, 0.1) is 0 Å². The Bertz CT molecular complexity index is 1400. The highest BCUT2D eigenvalue weighted by Crippen LogP contribution is 2.21. The lowest BCUT2D eigenvalue weighted by molar-refractivity contribution is -0.142. The van der Waals surface area contributed by atoms with E-state index in [1.54, 1.807) is 12.0 Å². The quantitative estimate of drug-likeness (QED) is 0.264. The van der Waals surface area contributed by atoms with Gasteiger partial charge >= 0.3 is 0 Å². The van der Waals surface area contributed by atoms with Crippen molar-refractivity contribution in [2.24, 2.45) is 0 Å². The van der Waals surface area contributed by atoms with Gasteiger partial charge in [-0.05, 0) is 41.8 Å². The van der Waals surface area contributed by atoms with Crippen LogP contribution >= 0.6 is 0 Å². The molecule has 3 aromatic carbocycles. The molecular weight excluding hydrogens is 570 g/mol. The summed E-state index contributed by atoms with van der Waals surface area (Å²) in [5.41, 5.74) is 1.79. The SMILES string of the molecule is COCCCNC(=O)[C@@H](Cc1ccccc1)N(Cc1ccccc1)C(=O)COc1ccc(S(=O)(=O)N2CCOCC2)cc1. The molecule has 0 aliphatic carbocycles. The Hall–Kier alpha value is -3.77. The predicted molar refractivity (Wildman–Crippen MR) is 162 cm³/mol. The molecule has 1 saturated heterocycles. The number of amides is 2. The number of benzene rings is 3. The van der Waals surface area contributed by atoms with Gasteiger partial charge in [0.05, 0.1) is 18.1 Å². The summed E-state index contributed by atoms with van der Waals surface area (Å²) in [6.45, 7) is 2.13. The molecule has 10 nitrogen and oxygen atoms in total. The number of hydrogen-bond donors (Lipinski definition) is 1. The molecule has 43 heavy (non-hydrogen) atoms. The highest BCUT2D eigenvalue weighted by atomic mass is 32.2. The third-order valence-corrected chi connectivity index (χ3v) is 9.00. The van der Waals surface area contributed by atoms with Crippen molar-refractivity contribution in [1.82, 2.24) is 14.5 Å². The smallest absolute Gasteiger partial charge is 0.261 e. The molecule has 0 bridgehead atoms. The van der Waals surface area contributed by atoms with E-state index in [9.17, 15) is 18.0 Å². The predicted octanol–water partition coefficient (Wildman–Crippen LogP) is 2.88. The average Bonchev–Trinajstić information content (AvgIpc) is 3.05. The van der Waals surface area contributed by atoms with Crippen LogP contribution in [0.25, 0.3) is 0 Å². The zero-order valence-electron chi connectivity index (χ0n) is 24.4. The molecule has 1 fully saturated rings. The van der Waals surface area contributed by atoms with Crippen molar-refractivity contribution in [3.05, 3.63) is 96.1 Å². The lowest BCUT2D eigenvalue weighted by Crippen LogP contribution is -2.51. The van der Waals surface area contributed by atoms with E-state index in [0.29, 0.717) is 58.0 Å². The number of sulfonamides is 1. The molecule has 11 heteroatoms. The minimum Gasteiger partial charge on any atom is -0.484 e. The molecule has 1 aliphatic rings. The van der Waals surface area contributed by atoms with Crippen LogP contribution in [0.5, 0.6) is 5.75 Å². The van der Waals surface area contributed by atoms with Gasteiger partial charge in [0.15, 0.2) is 6.61 Å². The summed E-state index contributed by atoms with van der Waals surface area (Å²) in [6.07, 6.45) is 0.969. The van der Waals surface area contributed by atoms with E-state index in [1.807, 2.05) is 60.7 Å². The Balaban J connectivity index is 1.51. The van der Waals surface area contributed by atoms with Gasteiger partial charge in [-0.2, -0.15) is 4.31 Å². The van der Waals surface area contributed by atoms with E-state index in [1.165, 1.54) is 28.6 Å². The summed E-state index contributed by atoms with van der Waals surface area (Å²) in [7, 11) is -2.04. The van der Waals surface area contributed by atoms with Gasteiger partial charge in [0, 0.05) is 46.3 Å². The number of nitrogens with zero attached hydrogens (tertiary/aromatic N) is 2. The number of nitrogens with one attached hydrogen (secondary N) is 1. The fourth-order valence-corrected chi connectivity index (χ4v) is 6.16. The zero-order valence-corrected chi connectivity index (χ0v) is 25.2. The minimum absolute atomic E-state index is 0.145. The highest BCUT2D eigenvalue weighted by molar-refractivity contribution is 7.89. The lowest BCUT2D eigenvalue weighted by Gasteiger charge is -2.31. The molecule has 2 amide bonds. The van der Waals surface area contributed by atoms with Crippen molar-refractivity contribution in [1.29, 1.82) is 0 Å². The Labute approximate surface area is 253 Å². The summed E-state index contributed by atoms with van der Waals surface area (Å²) in [5.74, 6) is -0.290. The van der Waals surface area contributed by atoms with E-state index in [-0.39, 0.29) is 29.9 Å². The molecule has 1 heterocycles. The molecule has 0 spiro atoms. The first-order chi connectivity index (χ1) is 20.9. The van der Waals surface area contributed by atoms with Crippen LogP contribution in [0.1, 0.15) is 17.5 Å². The maximum Gasteiger partial charge on any atom is 0.261 e. The number of rotatable bonds is 15. The van der Waals surface area contributed by atoms with Crippen molar-refractivity contribution in [3.63, 3.8) is 0 Å². The maximum absolute atomic E-state index is 13.8. The van der Waals surface area contributed by atoms with Gasteiger partial charge in [-0.1, -0.05) is 60.7 Å². The van der Waals surface area contributed by atoms with E-state index >= 15 is 0 Å². The Morgan fingerprint density at radius 2 is 1.56 bits per heavy atom. The molecule has 1 aliphatic heterocycles. The van der Waals surface area contributed by atoms with Crippen LogP contribution in [-0.2, 0) is 42.1 Å². The molecule has 230 valence electrons. The Morgan fingerprint density at radius 3 is 2.19 bits per heavy atom. The van der Waals surface area contributed by atoms with Crippen LogP contribution < -0.4 is 10.1 Å². The zero-order chi connectivity index (χ0) is 30.5. The molecular formula is C32H39N3O7S. The van der Waals surface area contributed by atoms with Crippen molar-refractivity contribution in [2.45, 2.75) is 30.3 Å². The molecule has 1 N–H and O–H groups in total. The maximum atomic E-state index is 13.8. The van der Waals surface area contributed by atoms with E-state index in [0.717, 1.165) is 11.1 Å². The van der Waals surface area contributed by atoms with Crippen molar-refractivity contribution in [3.8, 4) is 5.75 Å². The van der Waals surface area contributed by atoms with Gasteiger partial charge in [0.2, 0.25) is 15.9 Å². The number of methoxy groups -OCH3 is 1. The average molecular weight is 610 g/mol. The lowest BCUT2D eigenvalue weighted by atomic mass is 10.0. The topological polar surface area (TPSA) is 114 Å². The second-order valence-electron chi connectivity index (χ2n) is 10.1. The second-order valence-corrected chi connectivity index (χ2v) is 12.1. The van der Waals surface area contributed by atoms with Crippen LogP contribution in [0.15, 0.2) is 89.8 Å². The summed E-state index contributed by atoms with van der Waals surface area (Å²) in [5, 5.41) is 2.96. The fourth-order valence-electron chi connectivity index (χ4n) is 4.75. The van der Waals surface area contributed by atoms with Crippen molar-refractivity contribution < 1.29 is 32.2 Å². The number of morpholine rings is 1. The summed E-state index contributed by atoms with van der Waals surface area (Å²) >= 11 is 0. The van der Waals surface area contributed by atoms with Crippen LogP contribution in [0.2, 0.25) is 0 Å². The van der Waals surface area contributed by atoms with Crippen LogP contribution in [-0.4, -0.2) is 88.7 Å². The standard InChI is InChI=1S/C32H39N3O7S/c1-40-20-8-17-33-32(37)30(23-26-9-4-2-5-10-26)35(24-27-11-6-3-7-12-27)31(36)25-42-28-13-15-29(16-14-28)43(38,39)34-18-21-41-22-19-34/h2-7,9-16,30H,8,17-25H2,1H3,(H,33,37)/t30-/m1/s1. The normalized spacial score (nSPS) is 14.5. The molecule has 1 atom stereocenters. The molecule has 0 saturated carbocycles. The summed E-state index contributed by atoms with van der Waals surface area (Å²) in [4.78, 5) is 29.0.